The van der Waals surface area contributed by atoms with Crippen molar-refractivity contribution in [1.82, 2.24) is 27.4 Å². The number of halogens is 2. The van der Waals surface area contributed by atoms with Crippen molar-refractivity contribution in [2.24, 2.45) is 0 Å². The first kappa shape index (κ1) is 92.2. The highest BCUT2D eigenvalue weighted by molar-refractivity contribution is 9.10. The van der Waals surface area contributed by atoms with Gasteiger partial charge in [0.15, 0.2) is 32.6 Å². The predicted octanol–water partition coefficient (Wildman–Crippen LogP) is 31.8. The number of nitrogens with zero attached hydrogens (tertiary/aromatic N) is 6. The second-order valence-electron chi connectivity index (χ2n) is 41.1. The molecular formula is C132H102Br2N6O6. The number of aryl methyl sites for hydroxylation is 18. The van der Waals surface area contributed by atoms with Gasteiger partial charge >= 0.3 is 0 Å². The van der Waals surface area contributed by atoms with Crippen LogP contribution in [0.4, 0.5) is 0 Å². The molecule has 0 aliphatic rings. The Morgan fingerprint density at radius 2 is 0.240 bits per heavy atom. The van der Waals surface area contributed by atoms with Crippen molar-refractivity contribution in [3.05, 3.63) is 462 Å². The SMILES string of the molecule is Cc1cc(C)c(-n2c3ccc(Br)cc3c(=O)c3cc(-c4ccc5c(c4)c(=O)c4cc(-c6ccc7c(c6)c(=O)c6cc(-c8ccc9c(c8)c(=O)c8cc(-c%10ccc%11c(c%10)c(=O)c%10cc(-c%12ccc%13c(c%12)c(=O)c%12cc(Br)ccc%12n%13-c%12c(C)cc(C)cc%12C)ccc%10n%11-c%10c(C)cc(C)cc%10C)ccc8n9-c8c(C)cc(C)cc8C)ccc6n7-c6c(C)cc(C)cc6C)ccc4n5-c4c(C)cc(C)cc4C)ccc32)c(C)c1. The molecule has 12 nitrogen and oxygen atoms in total. The Labute approximate surface area is 859 Å². The summed E-state index contributed by atoms with van der Waals surface area (Å²) in [4.78, 5) is 95.0. The summed E-state index contributed by atoms with van der Waals surface area (Å²) in [5.41, 5.74) is 41.1. The van der Waals surface area contributed by atoms with Crippen molar-refractivity contribution in [3.63, 3.8) is 0 Å². The number of rotatable bonds is 11. The van der Waals surface area contributed by atoms with Gasteiger partial charge in [-0.2, -0.15) is 0 Å². The van der Waals surface area contributed by atoms with Crippen LogP contribution in [0.1, 0.15) is 100 Å². The molecule has 24 aromatic rings. The molecule has 710 valence electrons. The summed E-state index contributed by atoms with van der Waals surface area (Å²) in [7, 11) is 0. The lowest BCUT2D eigenvalue weighted by Gasteiger charge is -2.22. The minimum absolute atomic E-state index is 0.0891. The first-order valence-electron chi connectivity index (χ1n) is 49.7. The van der Waals surface area contributed by atoms with Crippen molar-refractivity contribution in [2.75, 3.05) is 0 Å². The van der Waals surface area contributed by atoms with Crippen LogP contribution >= 0.6 is 31.9 Å². The smallest absolute Gasteiger partial charge is 0.197 e. The first-order chi connectivity index (χ1) is 70.1. The van der Waals surface area contributed by atoms with E-state index < -0.39 is 0 Å². The van der Waals surface area contributed by atoms with Gasteiger partial charge in [0.05, 0.1) is 100 Å². The summed E-state index contributed by atoms with van der Waals surface area (Å²) < 4.78 is 14.9. The highest BCUT2D eigenvalue weighted by Gasteiger charge is 2.29. The zero-order valence-corrected chi connectivity index (χ0v) is 87.8. The molecule has 0 saturated heterocycles. The number of pyridine rings is 6. The lowest BCUT2D eigenvalue weighted by atomic mass is 9.95. The van der Waals surface area contributed by atoms with Crippen LogP contribution in [0.2, 0.25) is 0 Å². The van der Waals surface area contributed by atoms with Gasteiger partial charge in [-0.3, -0.25) is 28.8 Å². The lowest BCUT2D eigenvalue weighted by molar-refractivity contribution is 1.10. The maximum absolute atomic E-state index is 16.4. The summed E-state index contributed by atoms with van der Waals surface area (Å²) in [6.07, 6.45) is 0. The van der Waals surface area contributed by atoms with E-state index in [1.165, 1.54) is 0 Å². The van der Waals surface area contributed by atoms with Gasteiger partial charge in [-0.15, -0.1) is 0 Å². The zero-order chi connectivity index (χ0) is 102. The molecule has 0 unspecified atom stereocenters. The fraction of sp³-hybridized carbons (Fsp3) is 0.136. The van der Waals surface area contributed by atoms with Gasteiger partial charge in [-0.1, -0.05) is 199 Å². The van der Waals surface area contributed by atoms with Crippen molar-refractivity contribution < 1.29 is 0 Å². The van der Waals surface area contributed by atoms with Crippen LogP contribution in [-0.2, 0) is 0 Å². The molecule has 0 aliphatic heterocycles. The van der Waals surface area contributed by atoms with Crippen molar-refractivity contribution in [2.45, 2.75) is 125 Å². The molecule has 146 heavy (non-hydrogen) atoms. The zero-order valence-electron chi connectivity index (χ0n) is 84.6. The summed E-state index contributed by atoms with van der Waals surface area (Å²) in [6.45, 7) is 38.1. The molecule has 18 aromatic carbocycles. The van der Waals surface area contributed by atoms with E-state index in [4.69, 9.17) is 0 Å². The summed E-state index contributed by atoms with van der Waals surface area (Å²) in [6, 6.07) is 98.8. The fourth-order valence-corrected chi connectivity index (χ4v) is 25.7. The first-order valence-corrected chi connectivity index (χ1v) is 51.2. The van der Waals surface area contributed by atoms with Crippen molar-refractivity contribution in [1.29, 1.82) is 0 Å². The van der Waals surface area contributed by atoms with E-state index >= 15 is 28.8 Å². The third kappa shape index (κ3) is 14.5. The molecular weight excluding hydrogens is 1930 g/mol. The average Bonchev–Trinajstić information content (AvgIpc) is 0.731. The summed E-state index contributed by atoms with van der Waals surface area (Å²) in [5.74, 6) is 0. The second kappa shape index (κ2) is 34.2. The predicted molar refractivity (Wildman–Crippen MR) is 618 cm³/mol. The van der Waals surface area contributed by atoms with Crippen LogP contribution in [0.25, 0.3) is 221 Å². The monoisotopic (exact) mass is 2020 g/mol. The Kier molecular flexibility index (Phi) is 21.6. The highest BCUT2D eigenvalue weighted by atomic mass is 79.9. The van der Waals surface area contributed by atoms with Crippen LogP contribution in [0, 0.1) is 125 Å². The number of fused-ring (bicyclic) bond motifs is 12. The Hall–Kier alpha value is -16.3. The van der Waals surface area contributed by atoms with Crippen LogP contribution < -0.4 is 32.6 Å². The summed E-state index contributed by atoms with van der Waals surface area (Å²) in [5, 5.41) is 6.19. The van der Waals surface area contributed by atoms with Gasteiger partial charge < -0.3 is 27.4 Å². The maximum Gasteiger partial charge on any atom is 0.197 e. The molecule has 0 bridgehead atoms. The molecule has 14 heteroatoms. The standard InChI is InChI=1S/C132H102Br2N6O6/c1-67-43-73(7)121(74(8)44-67)135-109-31-19-85(55-97(109)127(141)99-57-87(21-33-111(99)135)89-23-35-113-101(59-89)129(143)103-61-91(25-37-115(103)137(113)123-77(11)47-69(3)48-78(123)12)93-27-39-117-105(63-93)131(145)107-65-95(133)29-41-119(107)139(117)125-81(15)51-71(5)52-82(125)16)86-20-32-110-98(56-86)128(142)100-58-88(22-34-112(100)136(110)122-75(9)45-68(2)46-76(122)10)90-24-36-114-102(60-90)130(144)104-62-92(26-38-116(104)138(114)124-79(13)49-70(4)50-80(124)14)94-28-40-118-106(64-94)132(146)108-66-96(134)30-42-120(108)140(118)126-83(17)53-72(6)54-84(126)18/h19-66H,1-18H3. The molecule has 0 saturated carbocycles. The molecule has 0 radical (unpaired) electrons. The van der Waals surface area contributed by atoms with Crippen LogP contribution in [0.3, 0.4) is 0 Å². The Bertz CT molecular complexity index is 9710. The number of benzene rings is 18. The van der Waals surface area contributed by atoms with Gasteiger partial charge in [0.25, 0.3) is 0 Å². The van der Waals surface area contributed by atoms with Crippen molar-refractivity contribution in [3.8, 4) is 89.8 Å². The normalized spacial score (nSPS) is 12.0. The largest absolute Gasteiger partial charge is 0.308 e. The maximum atomic E-state index is 16.4. The van der Waals surface area contributed by atoms with E-state index in [2.05, 4.69) is 317 Å². The van der Waals surface area contributed by atoms with Crippen molar-refractivity contribution >= 4 is 163 Å². The van der Waals surface area contributed by atoms with E-state index in [0.29, 0.717) is 86.7 Å². The molecule has 6 aromatic heterocycles. The number of hydrogen-bond acceptors (Lipinski definition) is 6. The third-order valence-corrected chi connectivity index (χ3v) is 31.5. The topological polar surface area (TPSA) is 132 Å². The number of hydrogen-bond donors (Lipinski definition) is 0. The van der Waals surface area contributed by atoms with Gasteiger partial charge in [-0.05, 0) is 405 Å². The Morgan fingerprint density at radius 3 is 0.356 bits per heavy atom. The minimum atomic E-state index is -0.183. The Morgan fingerprint density at radius 1 is 0.137 bits per heavy atom. The lowest BCUT2D eigenvalue weighted by Crippen LogP contribution is -2.13. The number of aromatic nitrogens is 6. The van der Waals surface area contributed by atoms with Gasteiger partial charge in [0.1, 0.15) is 0 Å². The third-order valence-electron chi connectivity index (χ3n) is 30.5. The van der Waals surface area contributed by atoms with Crippen LogP contribution in [0.15, 0.2) is 329 Å². The summed E-state index contributed by atoms with van der Waals surface area (Å²) >= 11 is 7.38. The van der Waals surface area contributed by atoms with E-state index in [9.17, 15) is 0 Å². The quantitative estimate of drug-likeness (QED) is 0.119. The fourth-order valence-electron chi connectivity index (χ4n) is 24.9. The molecule has 0 N–H and O–H groups in total. The van der Waals surface area contributed by atoms with E-state index in [-0.39, 0.29) is 32.6 Å². The van der Waals surface area contributed by atoms with Crippen LogP contribution in [0.5, 0.6) is 0 Å². The van der Waals surface area contributed by atoms with Gasteiger partial charge in [0, 0.05) is 73.6 Å². The minimum Gasteiger partial charge on any atom is -0.308 e. The van der Waals surface area contributed by atoms with E-state index in [1.54, 1.807) is 0 Å². The molecule has 0 spiro atoms. The molecule has 0 fully saturated rings. The van der Waals surface area contributed by atoms with Gasteiger partial charge in [0.2, 0.25) is 0 Å². The molecule has 0 amide bonds. The molecule has 0 aliphatic carbocycles. The Balaban J connectivity index is 0.657. The highest BCUT2D eigenvalue weighted by Crippen LogP contribution is 2.44. The molecule has 6 heterocycles. The van der Waals surface area contributed by atoms with Crippen LogP contribution in [-0.4, -0.2) is 27.4 Å². The average molecular weight is 2030 g/mol. The van der Waals surface area contributed by atoms with Gasteiger partial charge in [-0.25, -0.2) is 0 Å². The second-order valence-corrected chi connectivity index (χ2v) is 42.9. The molecule has 0 atom stereocenters. The van der Waals surface area contributed by atoms with E-state index in [1.807, 2.05) is 158 Å². The van der Waals surface area contributed by atoms with E-state index in [0.717, 1.165) is 243 Å². The molecule has 24 rings (SSSR count).